The van der Waals surface area contributed by atoms with Gasteiger partial charge in [0, 0.05) is 37.4 Å². The topological polar surface area (TPSA) is 74.2 Å². The quantitative estimate of drug-likeness (QED) is 0.672. The Kier molecular flexibility index (Phi) is 3.71. The molecule has 2 rings (SSSR count). The Labute approximate surface area is 100 Å². The maximum absolute atomic E-state index is 11.9. The van der Waals surface area contributed by atoms with Crippen LogP contribution in [0.5, 0.6) is 0 Å². The highest BCUT2D eigenvalue weighted by Crippen LogP contribution is 2.08. The van der Waals surface area contributed by atoms with Crippen molar-refractivity contribution in [2.45, 2.75) is 13.0 Å². The van der Waals surface area contributed by atoms with Gasteiger partial charge in [0.05, 0.1) is 11.7 Å². The highest BCUT2D eigenvalue weighted by atomic mass is 16.3. The molecule has 1 saturated heterocycles. The molecule has 1 aliphatic heterocycles. The molecular formula is C12H17N3O2. The second-order valence-electron chi connectivity index (χ2n) is 4.33. The minimum atomic E-state index is -0.370. The van der Waals surface area contributed by atoms with Crippen molar-refractivity contribution in [2.75, 3.05) is 19.6 Å². The zero-order valence-electron chi connectivity index (χ0n) is 9.81. The molecule has 5 heteroatoms. The number of carbonyl (C=O) groups excluding carboxylic acids is 1. The van der Waals surface area contributed by atoms with Crippen LogP contribution in [0.1, 0.15) is 16.1 Å². The molecule has 0 spiro atoms. The largest absolute Gasteiger partial charge is 0.391 e. The van der Waals surface area contributed by atoms with E-state index >= 15 is 0 Å². The fraction of sp³-hybridized carbons (Fsp3) is 0.500. The number of nitrogens with zero attached hydrogens (tertiary/aromatic N) is 1. The third-order valence-electron chi connectivity index (χ3n) is 3.08. The van der Waals surface area contributed by atoms with Crippen LogP contribution in [0.3, 0.4) is 0 Å². The maximum Gasteiger partial charge on any atom is 0.253 e. The average Bonchev–Trinajstić information content (AvgIpc) is 2.72. The molecule has 1 aromatic heterocycles. The van der Waals surface area contributed by atoms with Crippen molar-refractivity contribution in [1.29, 1.82) is 0 Å². The minimum Gasteiger partial charge on any atom is -0.391 e. The molecule has 3 N–H and O–H groups in total. The number of aliphatic hydroxyl groups is 1. The number of pyridine rings is 1. The van der Waals surface area contributed by atoms with E-state index in [1.54, 1.807) is 25.3 Å². The van der Waals surface area contributed by atoms with E-state index in [9.17, 15) is 9.90 Å². The molecule has 0 bridgehead atoms. The monoisotopic (exact) mass is 235 g/mol. The maximum atomic E-state index is 11.9. The lowest BCUT2D eigenvalue weighted by atomic mass is 10.1. The van der Waals surface area contributed by atoms with Gasteiger partial charge in [-0.2, -0.15) is 0 Å². The van der Waals surface area contributed by atoms with E-state index in [0.717, 1.165) is 12.2 Å². The van der Waals surface area contributed by atoms with E-state index in [-0.39, 0.29) is 17.9 Å². The first-order chi connectivity index (χ1) is 8.18. The van der Waals surface area contributed by atoms with E-state index in [1.807, 2.05) is 0 Å². The molecule has 2 unspecified atom stereocenters. The first-order valence-electron chi connectivity index (χ1n) is 5.77. The van der Waals surface area contributed by atoms with Gasteiger partial charge in [-0.05, 0) is 19.1 Å². The lowest BCUT2D eigenvalue weighted by Crippen LogP contribution is -2.34. The normalized spacial score (nSPS) is 23.6. The molecule has 17 heavy (non-hydrogen) atoms. The molecule has 5 nitrogen and oxygen atoms in total. The van der Waals surface area contributed by atoms with E-state index < -0.39 is 0 Å². The first kappa shape index (κ1) is 12.0. The predicted molar refractivity (Wildman–Crippen MR) is 63.7 cm³/mol. The summed E-state index contributed by atoms with van der Waals surface area (Å²) in [6.07, 6.45) is 1.29. The molecule has 0 aromatic carbocycles. The molecule has 0 radical (unpaired) electrons. The van der Waals surface area contributed by atoms with Gasteiger partial charge in [-0.25, -0.2) is 0 Å². The van der Waals surface area contributed by atoms with Gasteiger partial charge in [0.1, 0.15) is 0 Å². The summed E-state index contributed by atoms with van der Waals surface area (Å²) in [4.78, 5) is 15.9. The number of aryl methyl sites for hydroxylation is 1. The summed E-state index contributed by atoms with van der Waals surface area (Å²) in [6.45, 7) is 3.64. The number of hydrogen-bond donors (Lipinski definition) is 3. The Hall–Kier alpha value is -1.46. The van der Waals surface area contributed by atoms with Crippen molar-refractivity contribution in [2.24, 2.45) is 5.92 Å². The van der Waals surface area contributed by atoms with Gasteiger partial charge in [0.15, 0.2) is 0 Å². The molecule has 1 amide bonds. The summed E-state index contributed by atoms with van der Waals surface area (Å²) in [5, 5.41) is 15.5. The van der Waals surface area contributed by atoms with Gasteiger partial charge >= 0.3 is 0 Å². The number of nitrogens with one attached hydrogen (secondary N) is 2. The van der Waals surface area contributed by atoms with Crippen molar-refractivity contribution < 1.29 is 9.90 Å². The fourth-order valence-electron chi connectivity index (χ4n) is 1.97. The molecule has 92 valence electrons. The number of hydrogen-bond acceptors (Lipinski definition) is 4. The molecule has 0 aliphatic carbocycles. The van der Waals surface area contributed by atoms with Crippen molar-refractivity contribution in [3.8, 4) is 0 Å². The van der Waals surface area contributed by atoms with Crippen LogP contribution < -0.4 is 10.6 Å². The second-order valence-corrected chi connectivity index (χ2v) is 4.33. The Balaban J connectivity index is 1.91. The van der Waals surface area contributed by atoms with Gasteiger partial charge in [0.25, 0.3) is 5.91 Å². The summed E-state index contributed by atoms with van der Waals surface area (Å²) in [6, 6.07) is 3.49. The Morgan fingerprint density at radius 1 is 1.65 bits per heavy atom. The Bertz CT molecular complexity index is 408. The molecule has 2 atom stereocenters. The van der Waals surface area contributed by atoms with Crippen molar-refractivity contribution >= 4 is 5.91 Å². The predicted octanol–water partition coefficient (Wildman–Crippen LogP) is -0.300. The molecule has 2 heterocycles. The van der Waals surface area contributed by atoms with Crippen LogP contribution in [0.25, 0.3) is 0 Å². The van der Waals surface area contributed by atoms with Gasteiger partial charge in [-0.1, -0.05) is 0 Å². The lowest BCUT2D eigenvalue weighted by molar-refractivity contribution is 0.0926. The number of amides is 1. The Morgan fingerprint density at radius 2 is 2.47 bits per heavy atom. The van der Waals surface area contributed by atoms with Crippen LogP contribution in [-0.2, 0) is 0 Å². The number of β-amino-alcohol motifs (C(OH)–C–C–N with tert-alkyl or cyclic N) is 1. The van der Waals surface area contributed by atoms with Crippen LogP contribution >= 0.6 is 0 Å². The van der Waals surface area contributed by atoms with Crippen LogP contribution in [0.15, 0.2) is 18.3 Å². The molecule has 1 aliphatic rings. The van der Waals surface area contributed by atoms with Gasteiger partial charge in [-0.3, -0.25) is 9.78 Å². The zero-order chi connectivity index (χ0) is 12.3. The van der Waals surface area contributed by atoms with Crippen LogP contribution in [-0.4, -0.2) is 41.7 Å². The fourth-order valence-corrected chi connectivity index (χ4v) is 1.97. The summed E-state index contributed by atoms with van der Waals surface area (Å²) < 4.78 is 0. The highest BCUT2D eigenvalue weighted by molar-refractivity contribution is 5.95. The first-order valence-corrected chi connectivity index (χ1v) is 5.77. The van der Waals surface area contributed by atoms with Gasteiger partial charge in [-0.15, -0.1) is 0 Å². The van der Waals surface area contributed by atoms with Crippen molar-refractivity contribution in [3.63, 3.8) is 0 Å². The second kappa shape index (κ2) is 5.25. The SMILES string of the molecule is Cc1ncccc1C(=O)NCC1CNCC1O. The van der Waals surface area contributed by atoms with Crippen molar-refractivity contribution in [3.05, 3.63) is 29.6 Å². The number of rotatable bonds is 3. The highest BCUT2D eigenvalue weighted by Gasteiger charge is 2.25. The summed E-state index contributed by atoms with van der Waals surface area (Å²) >= 11 is 0. The Morgan fingerprint density at radius 3 is 3.12 bits per heavy atom. The summed E-state index contributed by atoms with van der Waals surface area (Å²) in [5.41, 5.74) is 1.31. The number of carbonyl (C=O) groups is 1. The number of aliphatic hydroxyl groups excluding tert-OH is 1. The lowest BCUT2D eigenvalue weighted by Gasteiger charge is -2.14. The van der Waals surface area contributed by atoms with Crippen molar-refractivity contribution in [1.82, 2.24) is 15.6 Å². The standard InChI is InChI=1S/C12H17N3O2/c1-8-10(3-2-4-14-8)12(17)15-6-9-5-13-7-11(9)16/h2-4,9,11,13,16H,5-7H2,1H3,(H,15,17). The number of aromatic nitrogens is 1. The van der Waals surface area contributed by atoms with Crippen LogP contribution in [0, 0.1) is 12.8 Å². The minimum absolute atomic E-state index is 0.0935. The zero-order valence-corrected chi connectivity index (χ0v) is 9.81. The van der Waals surface area contributed by atoms with Gasteiger partial charge in [0.2, 0.25) is 0 Å². The molecule has 0 saturated carbocycles. The van der Waals surface area contributed by atoms with E-state index in [2.05, 4.69) is 15.6 Å². The van der Waals surface area contributed by atoms with E-state index in [4.69, 9.17) is 0 Å². The summed E-state index contributed by atoms with van der Waals surface area (Å²) in [5.74, 6) is -0.0365. The van der Waals surface area contributed by atoms with Crippen LogP contribution in [0.4, 0.5) is 0 Å². The average molecular weight is 235 g/mol. The van der Waals surface area contributed by atoms with Crippen LogP contribution in [0.2, 0.25) is 0 Å². The van der Waals surface area contributed by atoms with Gasteiger partial charge < -0.3 is 15.7 Å². The molecule has 1 aromatic rings. The summed E-state index contributed by atoms with van der Waals surface area (Å²) in [7, 11) is 0. The molecule has 1 fully saturated rings. The molecular weight excluding hydrogens is 218 g/mol. The van der Waals surface area contributed by atoms with E-state index in [1.165, 1.54) is 0 Å². The van der Waals surface area contributed by atoms with E-state index in [0.29, 0.717) is 18.7 Å². The third kappa shape index (κ3) is 2.81. The smallest absolute Gasteiger partial charge is 0.253 e. The third-order valence-corrected chi connectivity index (χ3v) is 3.08.